The molecular formula is C34H31Cl2FN4O5. The first kappa shape index (κ1) is 30.7. The molecule has 3 aliphatic rings. The van der Waals surface area contributed by atoms with Gasteiger partial charge < -0.3 is 25.6 Å². The van der Waals surface area contributed by atoms with Crippen LogP contribution in [0.4, 0.5) is 4.39 Å². The van der Waals surface area contributed by atoms with Crippen LogP contribution in [0.25, 0.3) is 22.2 Å². The largest absolute Gasteiger partial charge is 0.489 e. The van der Waals surface area contributed by atoms with Crippen molar-refractivity contribution >= 4 is 45.9 Å². The Morgan fingerprint density at radius 1 is 1.13 bits per heavy atom. The van der Waals surface area contributed by atoms with E-state index in [-0.39, 0.29) is 41.6 Å². The maximum Gasteiger partial charge on any atom is 0.251 e. The van der Waals surface area contributed by atoms with Crippen molar-refractivity contribution in [1.82, 2.24) is 15.3 Å². The Bertz CT molecular complexity index is 1950. The maximum atomic E-state index is 14.1. The number of nitrogens with two attached hydrogens (primary N) is 1. The Hall–Kier alpha value is -3.99. The normalized spacial score (nSPS) is 20.1. The summed E-state index contributed by atoms with van der Waals surface area (Å²) in [6.07, 6.45) is 3.33. The lowest BCUT2D eigenvalue weighted by Gasteiger charge is -2.30. The number of fused-ring (bicyclic) bond motifs is 2. The Morgan fingerprint density at radius 3 is 2.57 bits per heavy atom. The molecule has 2 fully saturated rings. The minimum atomic E-state index is -1.61. The number of carbonyl (C=O) groups is 2. The molecule has 46 heavy (non-hydrogen) atoms. The van der Waals surface area contributed by atoms with Gasteiger partial charge in [0.25, 0.3) is 5.91 Å². The fraction of sp³-hybridized carbons (Fsp3) is 0.353. The number of aromatic nitrogens is 2. The minimum Gasteiger partial charge on any atom is -0.489 e. The molecular weight excluding hydrogens is 634 g/mol. The number of pyridine rings is 2. The van der Waals surface area contributed by atoms with Gasteiger partial charge in [0, 0.05) is 22.1 Å². The molecule has 3 heterocycles. The summed E-state index contributed by atoms with van der Waals surface area (Å²) in [7, 11) is 0. The van der Waals surface area contributed by atoms with Crippen molar-refractivity contribution in [2.45, 2.75) is 56.7 Å². The third-order valence-electron chi connectivity index (χ3n) is 9.12. The summed E-state index contributed by atoms with van der Waals surface area (Å²) in [5, 5.41) is 16.2. The lowest BCUT2D eigenvalue weighted by Crippen LogP contribution is -2.44. The zero-order chi connectivity index (χ0) is 32.5. The van der Waals surface area contributed by atoms with Crippen molar-refractivity contribution in [2.75, 3.05) is 13.2 Å². The van der Waals surface area contributed by atoms with Gasteiger partial charge in [-0.3, -0.25) is 9.59 Å². The SMILES string of the molecule is Cc1nc2c(OC3CC3)cc(C(=O)NC[C@](O)(c3cc4c(c(-c5ccc(F)c(Cl)c5)n3)OC[C@]4(C)C(N)=O)C3CC3)cc2cc1Cl. The van der Waals surface area contributed by atoms with Crippen LogP contribution in [0.15, 0.2) is 42.5 Å². The molecule has 2 aromatic carbocycles. The maximum absolute atomic E-state index is 14.1. The first-order valence-electron chi connectivity index (χ1n) is 15.1. The molecule has 0 spiro atoms. The molecule has 0 saturated heterocycles. The average Bonchev–Trinajstić information content (AvgIpc) is 3.97. The molecule has 2 aromatic heterocycles. The number of halogens is 3. The second-order valence-corrected chi connectivity index (χ2v) is 13.5. The van der Waals surface area contributed by atoms with E-state index in [1.54, 1.807) is 31.2 Å². The van der Waals surface area contributed by atoms with Crippen LogP contribution in [-0.4, -0.2) is 46.1 Å². The fourth-order valence-electron chi connectivity index (χ4n) is 5.88. The Morgan fingerprint density at radius 2 is 1.89 bits per heavy atom. The summed E-state index contributed by atoms with van der Waals surface area (Å²) < 4.78 is 26.1. The van der Waals surface area contributed by atoms with E-state index in [1.165, 1.54) is 18.2 Å². The van der Waals surface area contributed by atoms with Crippen LogP contribution in [-0.2, 0) is 15.8 Å². The van der Waals surface area contributed by atoms with Crippen LogP contribution in [0.5, 0.6) is 11.5 Å². The number of hydrogen-bond donors (Lipinski definition) is 3. The Balaban J connectivity index is 1.26. The molecule has 238 valence electrons. The molecule has 0 radical (unpaired) electrons. The van der Waals surface area contributed by atoms with E-state index in [4.69, 9.17) is 43.4 Å². The molecule has 4 N–H and O–H groups in total. The van der Waals surface area contributed by atoms with Crippen molar-refractivity contribution in [1.29, 1.82) is 0 Å². The number of nitrogens with zero attached hydrogens (tertiary/aromatic N) is 2. The van der Waals surface area contributed by atoms with Crippen LogP contribution in [0, 0.1) is 18.7 Å². The zero-order valence-corrected chi connectivity index (χ0v) is 26.6. The molecule has 2 atom stereocenters. The van der Waals surface area contributed by atoms with Gasteiger partial charge in [-0.15, -0.1) is 0 Å². The summed E-state index contributed by atoms with van der Waals surface area (Å²) in [6, 6.07) is 10.9. The molecule has 0 bridgehead atoms. The summed E-state index contributed by atoms with van der Waals surface area (Å²) in [4.78, 5) is 35.7. The van der Waals surface area contributed by atoms with E-state index in [0.29, 0.717) is 62.7 Å². The van der Waals surface area contributed by atoms with Crippen molar-refractivity contribution < 1.29 is 28.6 Å². The highest BCUT2D eigenvalue weighted by molar-refractivity contribution is 6.32. The number of hydrogen-bond acceptors (Lipinski definition) is 7. The molecule has 7 rings (SSSR count). The van der Waals surface area contributed by atoms with E-state index in [0.717, 1.165) is 12.8 Å². The van der Waals surface area contributed by atoms with Crippen molar-refractivity contribution in [3.63, 3.8) is 0 Å². The molecule has 0 unspecified atom stereocenters. The number of aryl methyl sites for hydroxylation is 1. The number of nitrogens with one attached hydrogen (secondary N) is 1. The van der Waals surface area contributed by atoms with E-state index in [2.05, 4.69) is 10.3 Å². The Labute approximate surface area is 274 Å². The van der Waals surface area contributed by atoms with E-state index >= 15 is 0 Å². The second kappa shape index (κ2) is 11.1. The summed E-state index contributed by atoms with van der Waals surface area (Å²) in [6.45, 7) is 3.26. The minimum absolute atomic E-state index is 0.0328. The van der Waals surface area contributed by atoms with Crippen molar-refractivity contribution in [3.8, 4) is 22.8 Å². The van der Waals surface area contributed by atoms with Crippen LogP contribution >= 0.6 is 23.2 Å². The van der Waals surface area contributed by atoms with Gasteiger partial charge in [0.15, 0.2) is 0 Å². The predicted molar refractivity (Wildman–Crippen MR) is 171 cm³/mol. The smallest absolute Gasteiger partial charge is 0.251 e. The van der Waals surface area contributed by atoms with Crippen LogP contribution in [0.2, 0.25) is 10.0 Å². The lowest BCUT2D eigenvalue weighted by atomic mass is 9.81. The highest BCUT2D eigenvalue weighted by atomic mass is 35.5. The second-order valence-electron chi connectivity index (χ2n) is 12.6. The lowest BCUT2D eigenvalue weighted by molar-refractivity contribution is -0.123. The van der Waals surface area contributed by atoms with Gasteiger partial charge in [-0.25, -0.2) is 14.4 Å². The average molecular weight is 666 g/mol. The number of aliphatic hydroxyl groups is 1. The van der Waals surface area contributed by atoms with E-state index in [1.807, 2.05) is 6.92 Å². The van der Waals surface area contributed by atoms with Gasteiger partial charge >= 0.3 is 0 Å². The number of rotatable bonds is 9. The molecule has 2 saturated carbocycles. The van der Waals surface area contributed by atoms with Crippen molar-refractivity contribution in [3.05, 3.63) is 80.8 Å². The summed E-state index contributed by atoms with van der Waals surface area (Å²) in [5.41, 5.74) is 5.98. The molecule has 4 aromatic rings. The molecule has 1 aliphatic heterocycles. The van der Waals surface area contributed by atoms with E-state index < -0.39 is 28.6 Å². The highest BCUT2D eigenvalue weighted by Crippen LogP contribution is 2.50. The number of ether oxygens (including phenoxy) is 2. The quantitative estimate of drug-likeness (QED) is 0.207. The Kier molecular flexibility index (Phi) is 7.38. The van der Waals surface area contributed by atoms with Crippen molar-refractivity contribution in [2.24, 2.45) is 11.7 Å². The first-order valence-corrected chi connectivity index (χ1v) is 15.9. The van der Waals surface area contributed by atoms with Crippen LogP contribution in [0.1, 0.15) is 59.9 Å². The van der Waals surface area contributed by atoms with Gasteiger partial charge in [-0.2, -0.15) is 0 Å². The van der Waals surface area contributed by atoms with Gasteiger partial charge in [0.2, 0.25) is 5.91 Å². The zero-order valence-electron chi connectivity index (χ0n) is 25.1. The standard InChI is InChI=1S/C34H31Cl2FN4O5/c1-16-23(35)11-18-9-19(12-26(28(18)40-16)46-21-6-7-21)31(42)39-14-34(44,20-4-5-20)27-13-22-30(45-15-33(22,2)32(38)43)29(41-27)17-3-8-25(37)24(36)10-17/h3,8-13,20-21,44H,4-7,14-15H2,1-2H3,(H2,38,43)(H,39,42)/t33-,34+/m0/s1. The molecule has 12 heteroatoms. The van der Waals surface area contributed by atoms with Gasteiger partial charge in [-0.05, 0) is 87.9 Å². The first-order chi connectivity index (χ1) is 21.9. The number of benzene rings is 2. The fourth-order valence-corrected chi connectivity index (χ4v) is 6.22. The third-order valence-corrected chi connectivity index (χ3v) is 9.79. The summed E-state index contributed by atoms with van der Waals surface area (Å²) in [5.74, 6) is -1.07. The molecule has 2 amide bonds. The number of primary amides is 1. The molecule has 2 aliphatic carbocycles. The molecule has 9 nitrogen and oxygen atoms in total. The van der Waals surface area contributed by atoms with Gasteiger partial charge in [0.1, 0.15) is 46.1 Å². The van der Waals surface area contributed by atoms with Crippen LogP contribution in [0.3, 0.4) is 0 Å². The predicted octanol–water partition coefficient (Wildman–Crippen LogP) is 5.76. The number of carbonyl (C=O) groups excluding carboxylic acids is 2. The highest BCUT2D eigenvalue weighted by Gasteiger charge is 2.50. The number of amides is 2. The van der Waals surface area contributed by atoms with Gasteiger partial charge in [-0.1, -0.05) is 23.2 Å². The van der Waals surface area contributed by atoms with Gasteiger partial charge in [0.05, 0.1) is 34.1 Å². The van der Waals surface area contributed by atoms with Crippen LogP contribution < -0.4 is 20.5 Å². The third kappa shape index (κ3) is 5.32. The monoisotopic (exact) mass is 664 g/mol. The topological polar surface area (TPSA) is 137 Å². The summed E-state index contributed by atoms with van der Waals surface area (Å²) >= 11 is 12.5. The van der Waals surface area contributed by atoms with E-state index in [9.17, 15) is 19.1 Å².